The van der Waals surface area contributed by atoms with Gasteiger partial charge >= 0.3 is 5.69 Å². The van der Waals surface area contributed by atoms with E-state index in [9.17, 15) is 4.79 Å². The van der Waals surface area contributed by atoms with Crippen molar-refractivity contribution < 1.29 is 0 Å². The van der Waals surface area contributed by atoms with Crippen LogP contribution in [-0.2, 0) is 19.5 Å². The first kappa shape index (κ1) is 25.4. The van der Waals surface area contributed by atoms with Crippen molar-refractivity contribution in [2.45, 2.75) is 66.0 Å². The van der Waals surface area contributed by atoms with E-state index in [0.29, 0.717) is 18.3 Å². The molecule has 9 heteroatoms. The molecule has 1 aromatic carbocycles. The highest BCUT2D eigenvalue weighted by molar-refractivity contribution is 5.78. The Morgan fingerprint density at radius 3 is 2.50 bits per heavy atom. The molecule has 0 bridgehead atoms. The van der Waals surface area contributed by atoms with Crippen LogP contribution in [0.5, 0.6) is 0 Å². The van der Waals surface area contributed by atoms with Gasteiger partial charge in [0, 0.05) is 42.0 Å². The summed E-state index contributed by atoms with van der Waals surface area (Å²) in [4.78, 5) is 18.6. The van der Waals surface area contributed by atoms with Gasteiger partial charge in [0.2, 0.25) is 0 Å². The molecule has 0 saturated carbocycles. The largest absolute Gasteiger partial charge is 0.334 e. The molecule has 0 unspecified atom stereocenters. The molecule has 0 atom stereocenters. The Hall–Kier alpha value is -4.27. The van der Waals surface area contributed by atoms with Crippen molar-refractivity contribution in [3.05, 3.63) is 88.4 Å². The molecule has 0 radical (unpaired) electrons. The van der Waals surface area contributed by atoms with Gasteiger partial charge in [0.1, 0.15) is 5.82 Å². The van der Waals surface area contributed by atoms with Gasteiger partial charge in [-0.25, -0.2) is 9.89 Å². The fraction of sp³-hybridized carbons (Fsp3) is 0.345. The van der Waals surface area contributed by atoms with E-state index in [4.69, 9.17) is 4.98 Å². The standard InChI is InChI=1S/C29H34N8O/c1-5-7-10-22-19-37(28-23(20(3)4)15-16-35(28)6-2)29(38)36(22)18-21-13-14-26(30-17-21)24-11-8-9-12-25(24)27-31-33-34-32-27/h8-9,11-17,19-20H,5-7,10,18H2,1-4H3,(H,31,32,33,34). The van der Waals surface area contributed by atoms with Crippen LogP contribution in [0.3, 0.4) is 0 Å². The Balaban J connectivity index is 1.50. The van der Waals surface area contributed by atoms with Crippen LogP contribution < -0.4 is 5.69 Å². The number of hydrogen-bond donors (Lipinski definition) is 1. The fourth-order valence-corrected chi connectivity index (χ4v) is 4.92. The molecule has 196 valence electrons. The number of H-pyrrole nitrogens is 1. The number of aromatic amines is 1. The van der Waals surface area contributed by atoms with Crippen molar-refractivity contribution in [3.63, 3.8) is 0 Å². The second kappa shape index (κ2) is 11.0. The third-order valence-corrected chi connectivity index (χ3v) is 6.97. The zero-order chi connectivity index (χ0) is 26.6. The lowest BCUT2D eigenvalue weighted by molar-refractivity contribution is 0.661. The summed E-state index contributed by atoms with van der Waals surface area (Å²) < 4.78 is 5.90. The molecule has 4 aromatic heterocycles. The van der Waals surface area contributed by atoms with E-state index < -0.39 is 0 Å². The van der Waals surface area contributed by atoms with E-state index in [1.165, 1.54) is 5.56 Å². The van der Waals surface area contributed by atoms with Crippen LogP contribution in [0, 0.1) is 0 Å². The maximum absolute atomic E-state index is 13.8. The quantitative estimate of drug-likeness (QED) is 0.278. The third-order valence-electron chi connectivity index (χ3n) is 6.97. The zero-order valence-electron chi connectivity index (χ0n) is 22.4. The third kappa shape index (κ3) is 4.83. The van der Waals surface area contributed by atoms with Crippen LogP contribution >= 0.6 is 0 Å². The average molecular weight is 511 g/mol. The molecule has 0 spiro atoms. The molecule has 0 aliphatic heterocycles. The van der Waals surface area contributed by atoms with E-state index in [1.54, 1.807) is 0 Å². The lowest BCUT2D eigenvalue weighted by Crippen LogP contribution is -2.26. The van der Waals surface area contributed by atoms with Crippen molar-refractivity contribution >= 4 is 0 Å². The van der Waals surface area contributed by atoms with Gasteiger partial charge < -0.3 is 4.57 Å². The minimum absolute atomic E-state index is 0.0151. The molecule has 0 aliphatic carbocycles. The molecule has 0 saturated heterocycles. The van der Waals surface area contributed by atoms with Gasteiger partial charge in [-0.2, -0.15) is 0 Å². The monoisotopic (exact) mass is 510 g/mol. The number of hydrogen-bond acceptors (Lipinski definition) is 5. The lowest BCUT2D eigenvalue weighted by atomic mass is 10.0. The Bertz CT molecular complexity index is 1560. The number of rotatable bonds is 10. The van der Waals surface area contributed by atoms with Crippen molar-refractivity contribution in [1.82, 2.24) is 39.3 Å². The minimum Gasteiger partial charge on any atom is -0.334 e. The van der Waals surface area contributed by atoms with Crippen LogP contribution in [0.25, 0.3) is 28.5 Å². The van der Waals surface area contributed by atoms with Crippen molar-refractivity contribution in [3.8, 4) is 28.5 Å². The molecule has 5 rings (SSSR count). The van der Waals surface area contributed by atoms with Gasteiger partial charge in [-0.15, -0.1) is 5.10 Å². The summed E-state index contributed by atoms with van der Waals surface area (Å²) >= 11 is 0. The van der Waals surface area contributed by atoms with Crippen molar-refractivity contribution in [2.75, 3.05) is 0 Å². The Morgan fingerprint density at radius 1 is 1.03 bits per heavy atom. The lowest BCUT2D eigenvalue weighted by Gasteiger charge is -2.12. The number of unbranched alkanes of at least 4 members (excludes halogenated alkanes) is 1. The normalized spacial score (nSPS) is 11.5. The molecule has 38 heavy (non-hydrogen) atoms. The summed E-state index contributed by atoms with van der Waals surface area (Å²) in [7, 11) is 0. The first-order valence-corrected chi connectivity index (χ1v) is 13.3. The summed E-state index contributed by atoms with van der Waals surface area (Å²) in [5.41, 5.74) is 5.82. The maximum atomic E-state index is 13.8. The predicted octanol–water partition coefficient (Wildman–Crippen LogP) is 5.22. The number of nitrogens with zero attached hydrogens (tertiary/aromatic N) is 7. The first-order chi connectivity index (χ1) is 18.5. The number of benzene rings is 1. The number of pyridine rings is 1. The average Bonchev–Trinajstić information content (AvgIpc) is 3.68. The van der Waals surface area contributed by atoms with Gasteiger partial charge in [0.25, 0.3) is 0 Å². The van der Waals surface area contributed by atoms with E-state index in [-0.39, 0.29) is 5.69 Å². The van der Waals surface area contributed by atoms with Crippen molar-refractivity contribution in [2.24, 2.45) is 0 Å². The van der Waals surface area contributed by atoms with Crippen molar-refractivity contribution in [1.29, 1.82) is 0 Å². The van der Waals surface area contributed by atoms with Gasteiger partial charge in [-0.05, 0) is 59.4 Å². The Kier molecular flexibility index (Phi) is 7.35. The molecule has 0 fully saturated rings. The molecule has 0 amide bonds. The van der Waals surface area contributed by atoms with E-state index in [0.717, 1.165) is 59.7 Å². The number of imidazole rings is 1. The predicted molar refractivity (Wildman–Crippen MR) is 148 cm³/mol. The van der Waals surface area contributed by atoms with Gasteiger partial charge in [-0.1, -0.05) is 57.5 Å². The molecule has 0 aliphatic rings. The molecule has 4 heterocycles. The van der Waals surface area contributed by atoms with Crippen LogP contribution in [-0.4, -0.2) is 39.3 Å². The summed E-state index contributed by atoms with van der Waals surface area (Å²) in [5, 5.41) is 14.3. The number of tetrazole rings is 1. The number of aryl methyl sites for hydroxylation is 2. The molecular weight excluding hydrogens is 476 g/mol. The topological polar surface area (TPSA) is 99.2 Å². The van der Waals surface area contributed by atoms with E-state index in [1.807, 2.05) is 57.9 Å². The Morgan fingerprint density at radius 2 is 1.84 bits per heavy atom. The fourth-order valence-electron chi connectivity index (χ4n) is 4.92. The summed E-state index contributed by atoms with van der Waals surface area (Å²) in [6.07, 6.45) is 8.92. The van der Waals surface area contributed by atoms with Crippen LogP contribution in [0.15, 0.2) is 65.8 Å². The highest BCUT2D eigenvalue weighted by atomic mass is 16.1. The Labute approximate surface area is 222 Å². The van der Waals surface area contributed by atoms with Gasteiger partial charge in [-0.3, -0.25) is 14.1 Å². The molecule has 1 N–H and O–H groups in total. The van der Waals surface area contributed by atoms with Crippen LogP contribution in [0.2, 0.25) is 0 Å². The molecular formula is C29H34N8O. The summed E-state index contributed by atoms with van der Waals surface area (Å²) in [5.74, 6) is 1.88. The van der Waals surface area contributed by atoms with Crippen LogP contribution in [0.4, 0.5) is 0 Å². The molecule has 5 aromatic rings. The van der Waals surface area contributed by atoms with Crippen LogP contribution in [0.1, 0.15) is 63.3 Å². The molecule has 9 nitrogen and oxygen atoms in total. The highest BCUT2D eigenvalue weighted by Gasteiger charge is 2.20. The summed E-state index contributed by atoms with van der Waals surface area (Å²) in [6, 6.07) is 14.1. The van der Waals surface area contributed by atoms with Gasteiger partial charge in [0.05, 0.1) is 12.2 Å². The first-order valence-electron chi connectivity index (χ1n) is 13.3. The number of nitrogens with one attached hydrogen (secondary N) is 1. The SMILES string of the molecule is CCCCc1cn(-c2c(C(C)C)ccn2CC)c(=O)n1Cc1ccc(-c2ccccc2-c2nnn[nH]2)nc1. The second-order valence-corrected chi connectivity index (χ2v) is 9.85. The smallest absolute Gasteiger partial charge is 0.334 e. The highest BCUT2D eigenvalue weighted by Crippen LogP contribution is 2.28. The summed E-state index contributed by atoms with van der Waals surface area (Å²) in [6.45, 7) is 9.90. The van der Waals surface area contributed by atoms with E-state index >= 15 is 0 Å². The van der Waals surface area contributed by atoms with Gasteiger partial charge in [0.15, 0.2) is 5.82 Å². The second-order valence-electron chi connectivity index (χ2n) is 9.85. The van der Waals surface area contributed by atoms with E-state index in [2.05, 4.69) is 65.1 Å². The maximum Gasteiger partial charge on any atom is 0.334 e. The zero-order valence-corrected chi connectivity index (χ0v) is 22.4. The minimum atomic E-state index is -0.0151. The number of aromatic nitrogens is 8.